The monoisotopic (exact) mass is 807 g/mol. The van der Waals surface area contributed by atoms with E-state index < -0.39 is 12.0 Å². The summed E-state index contributed by atoms with van der Waals surface area (Å²) in [5.41, 5.74) is 7.76. The second-order valence-corrected chi connectivity index (χ2v) is 15.4. The molecule has 1 saturated heterocycles. The minimum atomic E-state index is -0.853. The van der Waals surface area contributed by atoms with E-state index in [-0.39, 0.29) is 19.1 Å². The third kappa shape index (κ3) is 8.77. The summed E-state index contributed by atoms with van der Waals surface area (Å²) in [5, 5.41) is 23.0. The first-order valence-corrected chi connectivity index (χ1v) is 19.6. The number of piperidine rings is 1. The average molecular weight is 809 g/mol. The van der Waals surface area contributed by atoms with Crippen molar-refractivity contribution in [2.45, 2.75) is 65.0 Å². The highest BCUT2D eigenvalue weighted by atomic mass is 35.5. The number of amides is 1. The number of rotatable bonds is 12. The maximum Gasteiger partial charge on any atom is 0.320 e. The van der Waals surface area contributed by atoms with Gasteiger partial charge in [-0.1, -0.05) is 60.0 Å². The van der Waals surface area contributed by atoms with E-state index in [1.54, 1.807) is 30.5 Å². The SMILES string of the molecule is Cc1c(COc2cc(OCc3cncc(C#N)c3)c(CN3CCCC[C@H]3C(=O)O)cc2Cl)cccc1-c1cccc(NC(=O)c2nc3c(n2C)CCN(C)C3)c1Cl. The summed E-state index contributed by atoms with van der Waals surface area (Å²) in [5.74, 6) is 0.0366. The van der Waals surface area contributed by atoms with Crippen LogP contribution in [-0.2, 0) is 44.6 Å². The summed E-state index contributed by atoms with van der Waals surface area (Å²) in [6.07, 6.45) is 6.27. The van der Waals surface area contributed by atoms with Crippen LogP contribution in [0.3, 0.4) is 0 Å². The largest absolute Gasteiger partial charge is 0.488 e. The quantitative estimate of drug-likeness (QED) is 0.128. The minimum absolute atomic E-state index is 0.127. The molecular formula is C43H43Cl2N7O5. The summed E-state index contributed by atoms with van der Waals surface area (Å²) < 4.78 is 14.5. The van der Waals surface area contributed by atoms with Crippen molar-refractivity contribution < 1.29 is 24.2 Å². The van der Waals surface area contributed by atoms with Gasteiger partial charge in [-0.15, -0.1) is 0 Å². The molecule has 0 aliphatic carbocycles. The zero-order valence-electron chi connectivity index (χ0n) is 32.0. The molecule has 1 atom stereocenters. The van der Waals surface area contributed by atoms with Gasteiger partial charge in [-0.3, -0.25) is 19.5 Å². The Hall–Kier alpha value is -5.45. The first kappa shape index (κ1) is 39.8. The number of carbonyl (C=O) groups is 2. The van der Waals surface area contributed by atoms with E-state index in [1.165, 1.54) is 6.20 Å². The molecule has 294 valence electrons. The first-order valence-electron chi connectivity index (χ1n) is 18.8. The normalized spacial score (nSPS) is 15.8. The van der Waals surface area contributed by atoms with E-state index in [0.29, 0.717) is 70.2 Å². The van der Waals surface area contributed by atoms with Crippen molar-refractivity contribution >= 4 is 40.8 Å². The second kappa shape index (κ2) is 17.4. The zero-order valence-corrected chi connectivity index (χ0v) is 33.5. The van der Waals surface area contributed by atoms with Crippen molar-refractivity contribution in [2.24, 2.45) is 7.05 Å². The smallest absolute Gasteiger partial charge is 0.320 e. The fourth-order valence-corrected chi connectivity index (χ4v) is 8.09. The molecule has 2 N–H and O–H groups in total. The minimum Gasteiger partial charge on any atom is -0.488 e. The Bertz CT molecular complexity index is 2370. The number of nitrogens with zero attached hydrogens (tertiary/aromatic N) is 6. The number of hydrogen-bond acceptors (Lipinski definition) is 9. The molecule has 2 aliphatic heterocycles. The molecule has 12 nitrogen and oxygen atoms in total. The maximum atomic E-state index is 13.5. The Balaban J connectivity index is 1.11. The molecule has 1 amide bonds. The van der Waals surface area contributed by atoms with Crippen molar-refractivity contribution in [3.63, 3.8) is 0 Å². The number of likely N-dealkylation sites (N-methyl/N-ethyl adjacent to an activating group) is 1. The van der Waals surface area contributed by atoms with Crippen LogP contribution in [0.4, 0.5) is 5.69 Å². The number of nitriles is 1. The summed E-state index contributed by atoms with van der Waals surface area (Å²) >= 11 is 13.9. The Morgan fingerprint density at radius 1 is 0.982 bits per heavy atom. The molecule has 4 heterocycles. The van der Waals surface area contributed by atoms with Crippen LogP contribution < -0.4 is 14.8 Å². The molecule has 0 unspecified atom stereocenters. The number of benzene rings is 3. The van der Waals surface area contributed by atoms with Gasteiger partial charge in [0.25, 0.3) is 5.91 Å². The number of anilines is 1. The fraction of sp³-hybridized carbons (Fsp3) is 0.326. The van der Waals surface area contributed by atoms with E-state index in [0.717, 1.165) is 65.0 Å². The number of nitrogens with one attached hydrogen (secondary N) is 1. The lowest BCUT2D eigenvalue weighted by molar-refractivity contribution is -0.144. The molecule has 3 aromatic carbocycles. The van der Waals surface area contributed by atoms with Crippen LogP contribution in [-0.4, -0.2) is 67.5 Å². The number of pyridine rings is 1. The second-order valence-electron chi connectivity index (χ2n) is 14.6. The Morgan fingerprint density at radius 2 is 1.77 bits per heavy atom. The number of aromatic nitrogens is 3. The predicted molar refractivity (Wildman–Crippen MR) is 218 cm³/mol. The molecule has 5 aromatic rings. The van der Waals surface area contributed by atoms with Crippen molar-refractivity contribution in [3.05, 3.63) is 122 Å². The lowest BCUT2D eigenvalue weighted by Gasteiger charge is -2.33. The summed E-state index contributed by atoms with van der Waals surface area (Å²) in [4.78, 5) is 38.5. The van der Waals surface area contributed by atoms with Gasteiger partial charge in [0.2, 0.25) is 0 Å². The summed E-state index contributed by atoms with van der Waals surface area (Å²) in [6, 6.07) is 18.1. The Kier molecular flexibility index (Phi) is 12.1. The number of carboxylic acids is 1. The molecule has 2 aliphatic rings. The maximum absolute atomic E-state index is 13.5. The number of fused-ring (bicyclic) bond motifs is 1. The van der Waals surface area contributed by atoms with Crippen LogP contribution in [0.2, 0.25) is 10.0 Å². The lowest BCUT2D eigenvalue weighted by atomic mass is 9.96. The highest BCUT2D eigenvalue weighted by Crippen LogP contribution is 2.39. The van der Waals surface area contributed by atoms with Crippen LogP contribution in [0, 0.1) is 18.3 Å². The molecule has 0 bridgehead atoms. The molecule has 57 heavy (non-hydrogen) atoms. The van der Waals surface area contributed by atoms with Gasteiger partial charge in [-0.25, -0.2) is 4.98 Å². The van der Waals surface area contributed by atoms with E-state index in [1.807, 2.05) is 60.8 Å². The van der Waals surface area contributed by atoms with E-state index in [4.69, 9.17) is 32.7 Å². The highest BCUT2D eigenvalue weighted by Gasteiger charge is 2.30. The standard InChI is InChI=1S/C43H43Cl2N7O5/c1-26-29(8-6-9-31(26)32-10-7-11-34(40(32)45)49-42(53)41-48-35-23-50(2)15-13-36(35)51(41)3)25-57-39-18-38(56-24-28-16-27(19-46)20-47-21-28)30(17-33(39)44)22-52-14-5-4-12-37(52)43(54)55/h6-11,16-18,20-21,37H,4-5,12-15,22-25H2,1-3H3,(H,49,53)(H,54,55)/t37-/m0/s1. The Labute approximate surface area is 341 Å². The van der Waals surface area contributed by atoms with Gasteiger partial charge in [-0.2, -0.15) is 5.26 Å². The number of likely N-dealkylation sites (tertiary alicyclic amines) is 1. The number of ether oxygens (including phenoxy) is 2. The van der Waals surface area contributed by atoms with Crippen LogP contribution in [0.15, 0.2) is 67.0 Å². The average Bonchev–Trinajstić information content (AvgIpc) is 3.53. The number of imidazole rings is 1. The third-order valence-electron chi connectivity index (χ3n) is 10.7. The third-order valence-corrected chi connectivity index (χ3v) is 11.4. The number of carboxylic acid groups (broad SMARTS) is 1. The molecule has 14 heteroatoms. The number of hydrogen-bond donors (Lipinski definition) is 2. The molecule has 7 rings (SSSR count). The predicted octanol–water partition coefficient (Wildman–Crippen LogP) is 7.81. The van der Waals surface area contributed by atoms with E-state index >= 15 is 0 Å². The molecule has 0 spiro atoms. The van der Waals surface area contributed by atoms with Gasteiger partial charge in [-0.05, 0) is 68.2 Å². The molecule has 0 radical (unpaired) electrons. The van der Waals surface area contributed by atoms with E-state index in [9.17, 15) is 20.0 Å². The first-order chi connectivity index (χ1) is 27.5. The summed E-state index contributed by atoms with van der Waals surface area (Å²) in [7, 11) is 3.91. The zero-order chi connectivity index (χ0) is 40.2. The van der Waals surface area contributed by atoms with Crippen molar-refractivity contribution in [3.8, 4) is 28.7 Å². The molecule has 0 saturated carbocycles. The van der Waals surface area contributed by atoms with Gasteiger partial charge in [0.1, 0.15) is 36.8 Å². The van der Waals surface area contributed by atoms with E-state index in [2.05, 4.69) is 26.3 Å². The van der Waals surface area contributed by atoms with Crippen LogP contribution in [0.1, 0.15) is 69.1 Å². The van der Waals surface area contributed by atoms with Gasteiger partial charge in [0.15, 0.2) is 5.82 Å². The number of aliphatic carboxylic acids is 1. The van der Waals surface area contributed by atoms with Gasteiger partial charge >= 0.3 is 5.97 Å². The van der Waals surface area contributed by atoms with Crippen molar-refractivity contribution in [1.82, 2.24) is 24.3 Å². The molecule has 1 fully saturated rings. The van der Waals surface area contributed by atoms with Crippen LogP contribution in [0.5, 0.6) is 11.5 Å². The van der Waals surface area contributed by atoms with Gasteiger partial charge in [0.05, 0.1) is 27.0 Å². The number of halogens is 2. The summed E-state index contributed by atoms with van der Waals surface area (Å²) in [6.45, 7) is 4.86. The van der Waals surface area contributed by atoms with Crippen molar-refractivity contribution in [1.29, 1.82) is 5.26 Å². The fourth-order valence-electron chi connectivity index (χ4n) is 7.58. The van der Waals surface area contributed by atoms with Gasteiger partial charge < -0.3 is 29.4 Å². The van der Waals surface area contributed by atoms with Gasteiger partial charge in [0, 0.05) is 73.9 Å². The lowest BCUT2D eigenvalue weighted by Crippen LogP contribution is -2.44. The van der Waals surface area contributed by atoms with Crippen LogP contribution in [0.25, 0.3) is 11.1 Å². The van der Waals surface area contributed by atoms with Crippen LogP contribution >= 0.6 is 23.2 Å². The topological polar surface area (TPSA) is 146 Å². The van der Waals surface area contributed by atoms with Crippen molar-refractivity contribution in [2.75, 3.05) is 25.5 Å². The Morgan fingerprint density at radius 3 is 2.58 bits per heavy atom. The highest BCUT2D eigenvalue weighted by molar-refractivity contribution is 6.36. The molecular weight excluding hydrogens is 765 g/mol. The number of carbonyl (C=O) groups excluding carboxylic acids is 1. The molecule has 2 aromatic heterocycles.